The third kappa shape index (κ3) is 4.24. The predicted octanol–water partition coefficient (Wildman–Crippen LogP) is 1.56. The van der Waals surface area contributed by atoms with E-state index in [4.69, 9.17) is 15.9 Å². The van der Waals surface area contributed by atoms with Gasteiger partial charge in [0, 0.05) is 5.56 Å². The number of ether oxygens (including phenoxy) is 1. The minimum Gasteiger partial charge on any atom is -0.493 e. The second-order valence-corrected chi connectivity index (χ2v) is 8.08. The molecule has 0 fully saturated rings. The Morgan fingerprint density at radius 3 is 2.21 bits per heavy atom. The van der Waals surface area contributed by atoms with Crippen LogP contribution in [-0.2, 0) is 9.84 Å². The topological polar surface area (TPSA) is 93.2 Å². The molecular formula is C13H20N2O3S. The van der Waals surface area contributed by atoms with Crippen LogP contribution in [0, 0.1) is 5.41 Å². The SMILES string of the molecule is CC(C)(C)S(=O)(=O)CCOc1ccc(C(=N)N)cc1. The first kappa shape index (κ1) is 15.5. The third-order valence-corrected chi connectivity index (χ3v) is 5.29. The second kappa shape index (κ2) is 5.61. The fourth-order valence-electron chi connectivity index (χ4n) is 1.31. The molecule has 0 heterocycles. The quantitative estimate of drug-likeness (QED) is 0.634. The highest BCUT2D eigenvalue weighted by Crippen LogP contribution is 2.17. The highest BCUT2D eigenvalue weighted by molar-refractivity contribution is 7.92. The number of nitrogen functional groups attached to an aromatic ring is 1. The van der Waals surface area contributed by atoms with Crippen molar-refractivity contribution in [2.24, 2.45) is 5.73 Å². The molecule has 0 radical (unpaired) electrons. The predicted molar refractivity (Wildman–Crippen MR) is 76.5 cm³/mol. The molecule has 0 unspecified atom stereocenters. The van der Waals surface area contributed by atoms with Crippen LogP contribution in [-0.4, -0.2) is 31.4 Å². The first-order chi connectivity index (χ1) is 8.63. The summed E-state index contributed by atoms with van der Waals surface area (Å²) in [6.07, 6.45) is 0. The first-order valence-corrected chi connectivity index (χ1v) is 7.58. The number of amidine groups is 1. The molecule has 0 aliphatic carbocycles. The Bertz CT molecular complexity index is 542. The highest BCUT2D eigenvalue weighted by atomic mass is 32.2. The zero-order valence-electron chi connectivity index (χ0n) is 11.4. The zero-order chi connectivity index (χ0) is 14.7. The molecule has 106 valence electrons. The van der Waals surface area contributed by atoms with E-state index in [1.807, 2.05) is 0 Å². The average molecular weight is 284 g/mol. The van der Waals surface area contributed by atoms with E-state index in [0.29, 0.717) is 11.3 Å². The maximum Gasteiger partial charge on any atom is 0.158 e. The van der Waals surface area contributed by atoms with E-state index in [9.17, 15) is 8.42 Å². The first-order valence-electron chi connectivity index (χ1n) is 5.93. The Labute approximate surface area is 114 Å². The molecule has 6 heteroatoms. The standard InChI is InChI=1S/C13H20N2O3S/c1-13(2,3)19(16,17)9-8-18-11-6-4-10(5-7-11)12(14)15/h4-7H,8-9H2,1-3H3,(H3,14,15). The van der Waals surface area contributed by atoms with Gasteiger partial charge in [0.2, 0.25) is 0 Å². The summed E-state index contributed by atoms with van der Waals surface area (Å²) in [7, 11) is -3.17. The molecule has 3 N–H and O–H groups in total. The Balaban J connectivity index is 2.57. The number of hydrogen-bond donors (Lipinski definition) is 2. The van der Waals surface area contributed by atoms with Crippen LogP contribution in [0.4, 0.5) is 0 Å². The van der Waals surface area contributed by atoms with Crippen molar-refractivity contribution in [2.75, 3.05) is 12.4 Å². The van der Waals surface area contributed by atoms with Crippen molar-refractivity contribution in [3.05, 3.63) is 29.8 Å². The summed E-state index contributed by atoms with van der Waals surface area (Å²) in [6.45, 7) is 5.12. The summed E-state index contributed by atoms with van der Waals surface area (Å²) in [5.74, 6) is 0.529. The van der Waals surface area contributed by atoms with Crippen molar-refractivity contribution in [2.45, 2.75) is 25.5 Å². The van der Waals surface area contributed by atoms with E-state index in [2.05, 4.69) is 0 Å². The summed E-state index contributed by atoms with van der Waals surface area (Å²) in [6, 6.07) is 6.66. The van der Waals surface area contributed by atoms with Crippen molar-refractivity contribution in [3.63, 3.8) is 0 Å². The molecule has 1 aromatic carbocycles. The molecule has 0 aliphatic heterocycles. The lowest BCUT2D eigenvalue weighted by Gasteiger charge is -2.19. The van der Waals surface area contributed by atoms with Crippen molar-refractivity contribution in [1.29, 1.82) is 5.41 Å². The molecule has 5 nitrogen and oxygen atoms in total. The van der Waals surface area contributed by atoms with Crippen LogP contribution in [0.2, 0.25) is 0 Å². The lowest BCUT2D eigenvalue weighted by atomic mass is 10.2. The number of benzene rings is 1. The van der Waals surface area contributed by atoms with Crippen molar-refractivity contribution in [3.8, 4) is 5.75 Å². The van der Waals surface area contributed by atoms with Gasteiger partial charge in [-0.05, 0) is 45.0 Å². The maximum atomic E-state index is 11.9. The van der Waals surface area contributed by atoms with Crippen molar-refractivity contribution in [1.82, 2.24) is 0 Å². The fourth-order valence-corrected chi connectivity index (χ4v) is 2.22. The van der Waals surface area contributed by atoms with Crippen LogP contribution in [0.3, 0.4) is 0 Å². The Hall–Kier alpha value is -1.56. The molecule has 0 bridgehead atoms. The highest BCUT2D eigenvalue weighted by Gasteiger charge is 2.28. The Kier molecular flexibility index (Phi) is 4.57. The molecule has 0 spiro atoms. The minimum absolute atomic E-state index is 0.0122. The number of rotatable bonds is 5. The summed E-state index contributed by atoms with van der Waals surface area (Å²) in [5, 5.41) is 7.25. The van der Waals surface area contributed by atoms with E-state index in [1.54, 1.807) is 45.0 Å². The summed E-state index contributed by atoms with van der Waals surface area (Å²) < 4.78 is 28.3. The number of nitrogens with one attached hydrogen (secondary N) is 1. The molecule has 1 rings (SSSR count). The minimum atomic E-state index is -3.17. The normalized spacial score (nSPS) is 12.2. The number of hydrogen-bond acceptors (Lipinski definition) is 4. The van der Waals surface area contributed by atoms with Gasteiger partial charge in [0.25, 0.3) is 0 Å². The molecule has 0 saturated heterocycles. The fraction of sp³-hybridized carbons (Fsp3) is 0.462. The van der Waals surface area contributed by atoms with Crippen molar-refractivity contribution < 1.29 is 13.2 Å². The zero-order valence-corrected chi connectivity index (χ0v) is 12.3. The molecule has 0 amide bonds. The van der Waals surface area contributed by atoms with Gasteiger partial charge in [-0.2, -0.15) is 0 Å². The Morgan fingerprint density at radius 1 is 1.26 bits per heavy atom. The lowest BCUT2D eigenvalue weighted by molar-refractivity contribution is 0.339. The smallest absolute Gasteiger partial charge is 0.158 e. The van der Waals surface area contributed by atoms with E-state index in [1.165, 1.54) is 0 Å². The van der Waals surface area contributed by atoms with Crippen LogP contribution in [0.5, 0.6) is 5.75 Å². The van der Waals surface area contributed by atoms with Crippen molar-refractivity contribution >= 4 is 15.7 Å². The second-order valence-electron chi connectivity index (χ2n) is 5.22. The van der Waals surface area contributed by atoms with Gasteiger partial charge in [-0.15, -0.1) is 0 Å². The lowest BCUT2D eigenvalue weighted by Crippen LogP contribution is -2.32. The van der Waals surface area contributed by atoms with Gasteiger partial charge in [-0.3, -0.25) is 5.41 Å². The van der Waals surface area contributed by atoms with Gasteiger partial charge in [-0.1, -0.05) is 0 Å². The largest absolute Gasteiger partial charge is 0.493 e. The molecule has 19 heavy (non-hydrogen) atoms. The van der Waals surface area contributed by atoms with Crippen LogP contribution < -0.4 is 10.5 Å². The van der Waals surface area contributed by atoms with Crippen LogP contribution in [0.15, 0.2) is 24.3 Å². The molecule has 0 aliphatic rings. The summed E-state index contributed by atoms with van der Waals surface area (Å²) >= 11 is 0. The van der Waals surface area contributed by atoms with Gasteiger partial charge in [0.15, 0.2) is 9.84 Å². The summed E-state index contributed by atoms with van der Waals surface area (Å²) in [5.41, 5.74) is 5.94. The van der Waals surface area contributed by atoms with Crippen LogP contribution >= 0.6 is 0 Å². The summed E-state index contributed by atoms with van der Waals surface area (Å²) in [4.78, 5) is 0. The number of nitrogens with two attached hydrogens (primary N) is 1. The molecule has 0 atom stereocenters. The monoisotopic (exact) mass is 284 g/mol. The van der Waals surface area contributed by atoms with E-state index in [-0.39, 0.29) is 18.2 Å². The van der Waals surface area contributed by atoms with Crippen LogP contribution in [0.25, 0.3) is 0 Å². The average Bonchev–Trinajstić information content (AvgIpc) is 2.28. The number of sulfone groups is 1. The van der Waals surface area contributed by atoms with E-state index < -0.39 is 14.6 Å². The van der Waals surface area contributed by atoms with Gasteiger partial charge in [-0.25, -0.2) is 8.42 Å². The van der Waals surface area contributed by atoms with Gasteiger partial charge in [0.1, 0.15) is 18.2 Å². The van der Waals surface area contributed by atoms with Gasteiger partial charge < -0.3 is 10.5 Å². The molecule has 0 aromatic heterocycles. The molecule has 0 saturated carbocycles. The van der Waals surface area contributed by atoms with Gasteiger partial charge in [0.05, 0.1) is 10.5 Å². The van der Waals surface area contributed by atoms with Crippen LogP contribution in [0.1, 0.15) is 26.3 Å². The maximum absolute atomic E-state index is 11.9. The molecular weight excluding hydrogens is 264 g/mol. The van der Waals surface area contributed by atoms with E-state index >= 15 is 0 Å². The molecule has 1 aromatic rings. The Morgan fingerprint density at radius 2 is 1.79 bits per heavy atom. The third-order valence-electron chi connectivity index (χ3n) is 2.72. The van der Waals surface area contributed by atoms with Gasteiger partial charge >= 0.3 is 0 Å². The van der Waals surface area contributed by atoms with E-state index in [0.717, 1.165) is 0 Å².